The lowest BCUT2D eigenvalue weighted by molar-refractivity contribution is -0.143. The van der Waals surface area contributed by atoms with E-state index in [4.69, 9.17) is 9.47 Å². The van der Waals surface area contributed by atoms with Crippen molar-refractivity contribution >= 4 is 28.9 Å². The fourth-order valence-corrected chi connectivity index (χ4v) is 5.45. The molecule has 2 aromatic rings. The van der Waals surface area contributed by atoms with E-state index in [1.54, 1.807) is 18.2 Å². The number of alkyl halides is 6. The van der Waals surface area contributed by atoms with E-state index in [0.29, 0.717) is 27.7 Å². The number of benzene rings is 2. The second-order valence-corrected chi connectivity index (χ2v) is 10.7. The Kier molecular flexibility index (Phi) is 9.27. The van der Waals surface area contributed by atoms with Gasteiger partial charge in [0.1, 0.15) is 6.61 Å². The van der Waals surface area contributed by atoms with Gasteiger partial charge in [-0.15, -0.1) is 0 Å². The van der Waals surface area contributed by atoms with E-state index in [-0.39, 0.29) is 23.5 Å². The number of ether oxygens (including phenoxy) is 2. The number of carbonyl (C=O) groups is 1. The van der Waals surface area contributed by atoms with Crippen molar-refractivity contribution in [1.82, 2.24) is 9.80 Å². The fourth-order valence-electron chi connectivity index (χ4n) is 4.49. The average Bonchev–Trinajstić information content (AvgIpc) is 3.30. The van der Waals surface area contributed by atoms with Crippen LogP contribution in [0.25, 0.3) is 6.08 Å². The molecular weight excluding hydrogens is 572 g/mol. The highest BCUT2D eigenvalue weighted by Crippen LogP contribution is 2.39. The van der Waals surface area contributed by atoms with Crippen LogP contribution < -0.4 is 9.47 Å². The zero-order valence-corrected chi connectivity index (χ0v) is 23.4. The van der Waals surface area contributed by atoms with Crippen molar-refractivity contribution in [3.8, 4) is 11.5 Å². The number of carbonyl (C=O) groups excluding carboxylic acids is 1. The van der Waals surface area contributed by atoms with Crippen LogP contribution in [0.15, 0.2) is 46.3 Å². The van der Waals surface area contributed by atoms with Crippen LogP contribution >= 0.6 is 11.8 Å². The highest BCUT2D eigenvalue weighted by atomic mass is 32.2. The second kappa shape index (κ2) is 12.4. The number of hydrogen-bond acceptors (Lipinski definition) is 6. The molecule has 0 aliphatic carbocycles. The molecule has 0 spiro atoms. The minimum atomic E-state index is -5.01. The van der Waals surface area contributed by atoms with E-state index in [1.165, 1.54) is 24.9 Å². The Morgan fingerprint density at radius 1 is 1.00 bits per heavy atom. The molecule has 0 saturated carbocycles. The minimum absolute atomic E-state index is 0.0728. The van der Waals surface area contributed by atoms with Crippen LogP contribution in [0.4, 0.5) is 26.3 Å². The van der Waals surface area contributed by atoms with Gasteiger partial charge in [-0.05, 0) is 61.0 Å². The van der Waals surface area contributed by atoms with E-state index >= 15 is 0 Å². The molecular formula is C28H29F6N3O3S. The van der Waals surface area contributed by atoms with Crippen molar-refractivity contribution in [3.05, 3.63) is 63.6 Å². The van der Waals surface area contributed by atoms with Gasteiger partial charge in [0.25, 0.3) is 5.91 Å². The lowest BCUT2D eigenvalue weighted by Gasteiger charge is -2.38. The number of methoxy groups -OCH3 is 1. The number of halogens is 6. The molecule has 0 aromatic heterocycles. The first-order valence-corrected chi connectivity index (χ1v) is 13.7. The quantitative estimate of drug-likeness (QED) is 0.260. The van der Waals surface area contributed by atoms with Crippen molar-refractivity contribution < 1.29 is 40.6 Å². The number of rotatable bonds is 7. The highest BCUT2D eigenvalue weighted by Gasteiger charge is 2.38. The van der Waals surface area contributed by atoms with Crippen LogP contribution in [0, 0.1) is 0 Å². The molecule has 41 heavy (non-hydrogen) atoms. The molecule has 0 radical (unpaired) electrons. The third-order valence-electron chi connectivity index (χ3n) is 7.02. The second-order valence-electron chi connectivity index (χ2n) is 9.66. The van der Waals surface area contributed by atoms with Crippen LogP contribution in [-0.4, -0.2) is 60.2 Å². The standard InChI is InChI=1S/C28H29F6N3O3S/c1-4-17(2)36-9-11-37(12-10-36)26-35-25(38)24(41-26)14-18-5-8-22(23(13-18)39-3)40-16-19-6-7-20(27(29,30)31)15-21(19)28(32,33)34/h5-8,13-15,17H,4,9-12,16H2,1-3H3/b24-14+. The van der Waals surface area contributed by atoms with Gasteiger partial charge in [0.15, 0.2) is 16.7 Å². The summed E-state index contributed by atoms with van der Waals surface area (Å²) >= 11 is 1.28. The molecule has 1 unspecified atom stereocenters. The largest absolute Gasteiger partial charge is 0.493 e. The van der Waals surface area contributed by atoms with Crippen molar-refractivity contribution in [2.45, 2.75) is 45.3 Å². The third-order valence-corrected chi connectivity index (χ3v) is 8.06. The van der Waals surface area contributed by atoms with Crippen molar-refractivity contribution in [1.29, 1.82) is 0 Å². The maximum atomic E-state index is 13.5. The topological polar surface area (TPSA) is 54.4 Å². The monoisotopic (exact) mass is 601 g/mol. The molecule has 0 N–H and O–H groups in total. The Hall–Kier alpha value is -3.19. The number of amides is 1. The summed E-state index contributed by atoms with van der Waals surface area (Å²) in [6, 6.07) is 6.51. The molecule has 2 aromatic carbocycles. The van der Waals surface area contributed by atoms with Crippen LogP contribution in [0.5, 0.6) is 11.5 Å². The molecule has 2 aliphatic rings. The Balaban J connectivity index is 1.45. The Morgan fingerprint density at radius 2 is 1.71 bits per heavy atom. The maximum absolute atomic E-state index is 13.5. The Bertz CT molecular complexity index is 1330. The lowest BCUT2D eigenvalue weighted by Crippen LogP contribution is -2.50. The minimum Gasteiger partial charge on any atom is -0.493 e. The number of amidine groups is 1. The summed E-state index contributed by atoms with van der Waals surface area (Å²) in [5, 5.41) is 0.647. The van der Waals surface area contributed by atoms with E-state index in [2.05, 4.69) is 28.6 Å². The SMILES string of the molecule is CCC(C)N1CCN(C2=NC(=O)/C(=C\c3ccc(OCc4ccc(C(F)(F)F)cc4C(F)(F)F)c(OC)c3)S2)CC1. The highest BCUT2D eigenvalue weighted by molar-refractivity contribution is 8.18. The van der Waals surface area contributed by atoms with Gasteiger partial charge in [0, 0.05) is 37.8 Å². The zero-order valence-electron chi connectivity index (χ0n) is 22.6. The number of piperazine rings is 1. The molecule has 13 heteroatoms. The fraction of sp³-hybridized carbons (Fsp3) is 0.429. The van der Waals surface area contributed by atoms with E-state index in [9.17, 15) is 31.1 Å². The smallest absolute Gasteiger partial charge is 0.416 e. The lowest BCUT2D eigenvalue weighted by atomic mass is 10.0. The molecule has 2 aliphatic heterocycles. The predicted molar refractivity (Wildman–Crippen MR) is 145 cm³/mol. The van der Waals surface area contributed by atoms with Crippen LogP contribution in [0.3, 0.4) is 0 Å². The van der Waals surface area contributed by atoms with E-state index in [1.807, 2.05) is 0 Å². The average molecular weight is 602 g/mol. The Morgan fingerprint density at radius 3 is 2.32 bits per heavy atom. The Labute approximate surface area is 238 Å². The molecule has 1 saturated heterocycles. The molecule has 1 amide bonds. The predicted octanol–water partition coefficient (Wildman–Crippen LogP) is 6.70. The molecule has 0 bridgehead atoms. The maximum Gasteiger partial charge on any atom is 0.416 e. The summed E-state index contributed by atoms with van der Waals surface area (Å²) in [6.45, 7) is 7.02. The number of aliphatic imine (C=N–C) groups is 1. The van der Waals surface area contributed by atoms with E-state index < -0.39 is 35.6 Å². The number of hydrogen-bond donors (Lipinski definition) is 0. The molecule has 6 nitrogen and oxygen atoms in total. The molecule has 4 rings (SSSR count). The first kappa shape index (κ1) is 30.8. The number of thioether (sulfide) groups is 1. The van der Waals surface area contributed by atoms with Gasteiger partial charge in [0.2, 0.25) is 0 Å². The molecule has 1 fully saturated rings. The summed E-state index contributed by atoms with van der Waals surface area (Å²) in [7, 11) is 1.34. The summed E-state index contributed by atoms with van der Waals surface area (Å²) in [6.07, 6.45) is -7.21. The first-order valence-electron chi connectivity index (χ1n) is 12.9. The molecule has 222 valence electrons. The summed E-state index contributed by atoms with van der Waals surface area (Å²) < 4.78 is 90.2. The van der Waals surface area contributed by atoms with E-state index in [0.717, 1.165) is 38.7 Å². The van der Waals surface area contributed by atoms with Gasteiger partial charge in [-0.1, -0.05) is 19.1 Å². The van der Waals surface area contributed by atoms with Gasteiger partial charge < -0.3 is 14.4 Å². The normalized spacial score (nSPS) is 18.6. The van der Waals surface area contributed by atoms with Gasteiger partial charge in [-0.2, -0.15) is 31.3 Å². The third kappa shape index (κ3) is 7.37. The van der Waals surface area contributed by atoms with Crippen LogP contribution in [0.2, 0.25) is 0 Å². The summed E-state index contributed by atoms with van der Waals surface area (Å²) in [4.78, 5) is 21.7. The van der Waals surface area contributed by atoms with Gasteiger partial charge >= 0.3 is 12.4 Å². The molecule has 1 atom stereocenters. The van der Waals surface area contributed by atoms with Gasteiger partial charge in [0.05, 0.1) is 23.1 Å². The first-order chi connectivity index (χ1) is 19.3. The van der Waals surface area contributed by atoms with Crippen molar-refractivity contribution in [2.24, 2.45) is 4.99 Å². The summed E-state index contributed by atoms with van der Waals surface area (Å²) in [5.41, 5.74) is -2.71. The van der Waals surface area contributed by atoms with Gasteiger partial charge in [-0.3, -0.25) is 9.69 Å². The van der Waals surface area contributed by atoms with Crippen LogP contribution in [-0.2, 0) is 23.8 Å². The zero-order chi connectivity index (χ0) is 29.9. The van der Waals surface area contributed by atoms with Gasteiger partial charge in [-0.25, -0.2) is 0 Å². The molecule has 2 heterocycles. The van der Waals surface area contributed by atoms with Crippen molar-refractivity contribution in [2.75, 3.05) is 33.3 Å². The van der Waals surface area contributed by atoms with Crippen LogP contribution in [0.1, 0.15) is 42.5 Å². The van der Waals surface area contributed by atoms with Crippen molar-refractivity contribution in [3.63, 3.8) is 0 Å². The summed E-state index contributed by atoms with van der Waals surface area (Å²) in [5.74, 6) is -0.0996. The number of nitrogens with zero attached hydrogens (tertiary/aromatic N) is 3.